The van der Waals surface area contributed by atoms with E-state index >= 15 is 0 Å². The van der Waals surface area contributed by atoms with E-state index < -0.39 is 6.69 Å². The van der Waals surface area contributed by atoms with Gasteiger partial charge in [0.1, 0.15) is 0 Å². The van der Waals surface area contributed by atoms with Crippen LogP contribution in [0.2, 0.25) is 6.04 Å². The van der Waals surface area contributed by atoms with Crippen molar-refractivity contribution in [3.8, 4) is 0 Å². The number of nitrogens with zero attached hydrogens (tertiary/aromatic N) is 1. The summed E-state index contributed by atoms with van der Waals surface area (Å²) in [5, 5.41) is 1.06. The molecule has 0 heterocycles. The lowest BCUT2D eigenvalue weighted by Gasteiger charge is -2.26. The minimum Gasteiger partial charge on any atom is -0.311 e. The second-order valence-electron chi connectivity index (χ2n) is 6.61. The molecule has 0 aliphatic rings. The fraction of sp³-hybridized carbons (Fsp3) is 0.182. The van der Waals surface area contributed by atoms with Crippen molar-refractivity contribution in [2.24, 2.45) is 0 Å². The van der Waals surface area contributed by atoms with Gasteiger partial charge in [0.15, 0.2) is 0 Å². The summed E-state index contributed by atoms with van der Waals surface area (Å²) in [7, 11) is 0. The molecule has 0 aromatic heterocycles. The highest BCUT2D eigenvalue weighted by atomic mass is 35.7. The SMILES string of the molecule is CC[Si](Cl)(Cl)c1ccc(N(c2ccc(C)cc2)c2ccc(C)cc2)cc1. The number of hydrogen-bond donors (Lipinski definition) is 0. The fourth-order valence-electron chi connectivity index (χ4n) is 2.89. The van der Waals surface area contributed by atoms with Crippen LogP contribution in [0.1, 0.15) is 18.1 Å². The molecule has 1 nitrogen and oxygen atoms in total. The summed E-state index contributed by atoms with van der Waals surface area (Å²) in [6.45, 7) is 3.89. The maximum absolute atomic E-state index is 6.54. The largest absolute Gasteiger partial charge is 0.311 e. The molecule has 0 atom stereocenters. The average Bonchev–Trinajstić information content (AvgIpc) is 2.65. The van der Waals surface area contributed by atoms with Gasteiger partial charge in [0.2, 0.25) is 0 Å². The zero-order chi connectivity index (χ0) is 18.7. The summed E-state index contributed by atoms with van der Waals surface area (Å²) in [4.78, 5) is 2.25. The number of anilines is 3. The van der Waals surface area contributed by atoms with E-state index in [2.05, 4.69) is 91.5 Å². The van der Waals surface area contributed by atoms with Crippen molar-refractivity contribution in [2.75, 3.05) is 4.90 Å². The van der Waals surface area contributed by atoms with E-state index in [0.717, 1.165) is 28.3 Å². The van der Waals surface area contributed by atoms with Crippen molar-refractivity contribution in [1.29, 1.82) is 0 Å². The molecule has 26 heavy (non-hydrogen) atoms. The molecule has 0 unspecified atom stereocenters. The lowest BCUT2D eigenvalue weighted by atomic mass is 10.1. The Labute approximate surface area is 166 Å². The number of rotatable bonds is 5. The molecule has 0 radical (unpaired) electrons. The molecule has 0 fully saturated rings. The van der Waals surface area contributed by atoms with Gasteiger partial charge in [-0.3, -0.25) is 0 Å². The van der Waals surface area contributed by atoms with Gasteiger partial charge in [0.25, 0.3) is 6.69 Å². The molecule has 3 aromatic carbocycles. The van der Waals surface area contributed by atoms with Crippen molar-refractivity contribution < 1.29 is 0 Å². The highest BCUT2D eigenvalue weighted by Crippen LogP contribution is 2.34. The Morgan fingerprint density at radius 2 is 1.00 bits per heavy atom. The molecule has 0 bridgehead atoms. The van der Waals surface area contributed by atoms with Crippen LogP contribution in [0.25, 0.3) is 0 Å². The molecule has 0 saturated heterocycles. The van der Waals surface area contributed by atoms with Gasteiger partial charge in [-0.2, -0.15) is 0 Å². The van der Waals surface area contributed by atoms with Gasteiger partial charge in [0, 0.05) is 17.1 Å². The third-order valence-corrected chi connectivity index (χ3v) is 9.56. The van der Waals surface area contributed by atoms with Crippen LogP contribution in [0.3, 0.4) is 0 Å². The molecule has 0 amide bonds. The maximum atomic E-state index is 6.54. The van der Waals surface area contributed by atoms with Crippen LogP contribution in [0.5, 0.6) is 0 Å². The van der Waals surface area contributed by atoms with E-state index in [0.29, 0.717) is 0 Å². The first-order valence-electron chi connectivity index (χ1n) is 8.82. The van der Waals surface area contributed by atoms with Crippen LogP contribution >= 0.6 is 22.2 Å². The normalized spacial score (nSPS) is 11.4. The summed E-state index contributed by atoms with van der Waals surface area (Å²) in [5.74, 6) is 0. The van der Waals surface area contributed by atoms with Crippen LogP contribution in [0, 0.1) is 13.8 Å². The first-order chi connectivity index (χ1) is 12.4. The van der Waals surface area contributed by atoms with Crippen molar-refractivity contribution in [3.63, 3.8) is 0 Å². The van der Waals surface area contributed by atoms with E-state index in [1.165, 1.54) is 11.1 Å². The van der Waals surface area contributed by atoms with Crippen LogP contribution in [-0.4, -0.2) is 6.69 Å². The Kier molecular flexibility index (Phi) is 5.76. The number of aryl methyl sites for hydroxylation is 2. The Balaban J connectivity index is 2.06. The van der Waals surface area contributed by atoms with Gasteiger partial charge >= 0.3 is 0 Å². The number of hydrogen-bond acceptors (Lipinski definition) is 1. The van der Waals surface area contributed by atoms with Crippen molar-refractivity contribution in [3.05, 3.63) is 83.9 Å². The Morgan fingerprint density at radius 1 is 0.654 bits per heavy atom. The second kappa shape index (κ2) is 7.87. The van der Waals surface area contributed by atoms with E-state index in [-0.39, 0.29) is 0 Å². The first-order valence-corrected chi connectivity index (χ1v) is 13.1. The Morgan fingerprint density at radius 3 is 1.35 bits per heavy atom. The standard InChI is InChI=1S/C22H23Cl2NSi/c1-4-26(23,24)22-15-13-21(14-16-22)25(19-9-5-17(2)6-10-19)20-11-7-18(3)8-12-20/h5-16H,4H2,1-3H3. The third-order valence-electron chi connectivity index (χ3n) is 4.58. The van der Waals surface area contributed by atoms with Gasteiger partial charge in [-0.15, -0.1) is 22.2 Å². The molecule has 134 valence electrons. The summed E-state index contributed by atoms with van der Waals surface area (Å²) >= 11 is 13.1. The second-order valence-corrected chi connectivity index (χ2v) is 13.8. The van der Waals surface area contributed by atoms with Crippen LogP contribution in [-0.2, 0) is 0 Å². The molecular formula is C22H23Cl2NSi. The molecule has 3 aromatic rings. The monoisotopic (exact) mass is 399 g/mol. The topological polar surface area (TPSA) is 3.24 Å². The quantitative estimate of drug-likeness (QED) is 0.332. The van der Waals surface area contributed by atoms with Crippen molar-refractivity contribution >= 4 is 51.1 Å². The van der Waals surface area contributed by atoms with E-state index in [4.69, 9.17) is 22.2 Å². The minimum absolute atomic E-state index is 0.801. The van der Waals surface area contributed by atoms with Crippen molar-refractivity contribution in [2.45, 2.75) is 26.8 Å². The van der Waals surface area contributed by atoms with Crippen LogP contribution < -0.4 is 10.1 Å². The summed E-state index contributed by atoms with van der Waals surface area (Å²) in [6.07, 6.45) is 0. The van der Waals surface area contributed by atoms with Gasteiger partial charge in [-0.05, 0) is 61.5 Å². The maximum Gasteiger partial charge on any atom is 0.280 e. The number of halogens is 2. The molecule has 0 saturated carbocycles. The summed E-state index contributed by atoms with van der Waals surface area (Å²) in [6, 6.07) is 26.3. The van der Waals surface area contributed by atoms with Gasteiger partial charge in [-0.1, -0.05) is 54.4 Å². The van der Waals surface area contributed by atoms with Crippen LogP contribution in [0.15, 0.2) is 72.8 Å². The van der Waals surface area contributed by atoms with Crippen LogP contribution in [0.4, 0.5) is 17.1 Å². The lowest BCUT2D eigenvalue weighted by Crippen LogP contribution is -2.35. The highest BCUT2D eigenvalue weighted by molar-refractivity contribution is 7.50. The Bertz CT molecular complexity index is 811. The van der Waals surface area contributed by atoms with E-state index in [9.17, 15) is 0 Å². The molecule has 0 aliphatic heterocycles. The third kappa shape index (κ3) is 4.15. The molecular weight excluding hydrogens is 377 g/mol. The molecule has 0 aliphatic carbocycles. The lowest BCUT2D eigenvalue weighted by molar-refractivity contribution is 1.27. The van der Waals surface area contributed by atoms with Crippen molar-refractivity contribution in [1.82, 2.24) is 0 Å². The van der Waals surface area contributed by atoms with Gasteiger partial charge in [-0.25, -0.2) is 0 Å². The molecule has 0 spiro atoms. The fourth-order valence-corrected chi connectivity index (χ4v) is 4.71. The summed E-state index contributed by atoms with van der Waals surface area (Å²) in [5.41, 5.74) is 5.84. The minimum atomic E-state index is -2.36. The Hall–Kier alpha value is -1.74. The predicted molar refractivity (Wildman–Crippen MR) is 118 cm³/mol. The smallest absolute Gasteiger partial charge is 0.280 e. The van der Waals surface area contributed by atoms with Gasteiger partial charge < -0.3 is 4.90 Å². The first kappa shape index (κ1) is 19.0. The highest BCUT2D eigenvalue weighted by Gasteiger charge is 2.28. The molecule has 3 rings (SSSR count). The summed E-state index contributed by atoms with van der Waals surface area (Å²) < 4.78 is 0. The predicted octanol–water partition coefficient (Wildman–Crippen LogP) is 6.92. The van der Waals surface area contributed by atoms with E-state index in [1.54, 1.807) is 0 Å². The average molecular weight is 400 g/mol. The zero-order valence-corrected chi connectivity index (χ0v) is 17.9. The number of benzene rings is 3. The molecule has 4 heteroatoms. The van der Waals surface area contributed by atoms with Gasteiger partial charge in [0.05, 0.1) is 0 Å². The molecule has 0 N–H and O–H groups in total. The zero-order valence-electron chi connectivity index (χ0n) is 15.3. The van der Waals surface area contributed by atoms with E-state index in [1.807, 2.05) is 6.92 Å².